The Morgan fingerprint density at radius 3 is 2.79 bits per heavy atom. The second-order valence-electron chi connectivity index (χ2n) is 4.45. The molecule has 0 unspecified atom stereocenters. The lowest BCUT2D eigenvalue weighted by atomic mass is 10.2. The molecule has 0 bridgehead atoms. The van der Waals surface area contributed by atoms with Crippen molar-refractivity contribution in [2.75, 3.05) is 5.75 Å². The van der Waals surface area contributed by atoms with Gasteiger partial charge in [-0.15, -0.1) is 0 Å². The van der Waals surface area contributed by atoms with E-state index in [1.165, 1.54) is 0 Å². The molecule has 0 aliphatic carbocycles. The molecule has 0 atom stereocenters. The highest BCUT2D eigenvalue weighted by atomic mass is 32.2. The second-order valence-corrected chi connectivity index (χ2v) is 6.56. The lowest BCUT2D eigenvalue weighted by Gasteiger charge is -2.06. The number of aryl methyl sites for hydroxylation is 2. The van der Waals surface area contributed by atoms with Crippen LogP contribution in [0.3, 0.4) is 0 Å². The molecule has 2 N–H and O–H groups in total. The lowest BCUT2D eigenvalue weighted by Crippen LogP contribution is -2.14. The van der Waals surface area contributed by atoms with Gasteiger partial charge in [-0.25, -0.2) is 8.42 Å². The summed E-state index contributed by atoms with van der Waals surface area (Å²) in [6.45, 7) is 2.60. The van der Waals surface area contributed by atoms with E-state index in [-0.39, 0.29) is 5.75 Å². The smallest absolute Gasteiger partial charge is 0.180 e. The summed E-state index contributed by atoms with van der Waals surface area (Å²) in [5.41, 5.74) is 7.35. The summed E-state index contributed by atoms with van der Waals surface area (Å²) >= 11 is 0. The summed E-state index contributed by atoms with van der Waals surface area (Å²) < 4.78 is 26.0. The Kier molecular flexibility index (Phi) is 4.01. The topological polar surface area (TPSA) is 78.0 Å². The van der Waals surface area contributed by atoms with Crippen molar-refractivity contribution in [3.63, 3.8) is 0 Å². The summed E-state index contributed by atoms with van der Waals surface area (Å²) in [7, 11) is -3.30. The highest BCUT2D eigenvalue weighted by molar-refractivity contribution is 7.91. The zero-order valence-electron chi connectivity index (χ0n) is 10.8. The first-order valence-electron chi connectivity index (χ1n) is 6.02. The molecule has 0 amide bonds. The minimum absolute atomic E-state index is 0.0299. The van der Waals surface area contributed by atoms with Gasteiger partial charge in [-0.1, -0.05) is 12.1 Å². The summed E-state index contributed by atoms with van der Waals surface area (Å²) in [4.78, 5) is 0.319. The maximum Gasteiger partial charge on any atom is 0.180 e. The zero-order chi connectivity index (χ0) is 13.9. The number of hydrogen-bond acceptors (Lipinski definition) is 4. The maximum atomic E-state index is 12.2. The van der Waals surface area contributed by atoms with E-state index in [1.807, 2.05) is 19.2 Å². The largest absolute Gasteiger partial charge is 0.326 e. The molecule has 6 heteroatoms. The molecule has 0 saturated heterocycles. The van der Waals surface area contributed by atoms with Crippen LogP contribution in [0.4, 0.5) is 0 Å². The molecule has 102 valence electrons. The molecular weight excluding hydrogens is 262 g/mol. The summed E-state index contributed by atoms with van der Waals surface area (Å²) in [6, 6.07) is 6.76. The first-order chi connectivity index (χ1) is 9.01. The number of nitrogens with zero attached hydrogens (tertiary/aromatic N) is 2. The van der Waals surface area contributed by atoms with Crippen molar-refractivity contribution in [3.05, 3.63) is 47.8 Å². The van der Waals surface area contributed by atoms with Gasteiger partial charge in [0.2, 0.25) is 0 Å². The monoisotopic (exact) mass is 279 g/mol. The molecular formula is C13H17N3O2S. The Hall–Kier alpha value is -1.66. The molecule has 2 rings (SSSR count). The van der Waals surface area contributed by atoms with Gasteiger partial charge in [-0.2, -0.15) is 5.10 Å². The predicted molar refractivity (Wildman–Crippen MR) is 73.4 cm³/mol. The minimum Gasteiger partial charge on any atom is -0.326 e. The molecule has 5 nitrogen and oxygen atoms in total. The van der Waals surface area contributed by atoms with Gasteiger partial charge in [-0.05, 0) is 30.2 Å². The Labute approximate surface area is 113 Å². The average molecular weight is 279 g/mol. The van der Waals surface area contributed by atoms with Crippen molar-refractivity contribution in [2.45, 2.75) is 24.9 Å². The number of hydrogen-bond donors (Lipinski definition) is 1. The van der Waals surface area contributed by atoms with Crippen molar-refractivity contribution in [2.24, 2.45) is 5.73 Å². The molecule has 0 radical (unpaired) electrons. The Morgan fingerprint density at radius 2 is 2.16 bits per heavy atom. The summed E-state index contributed by atoms with van der Waals surface area (Å²) in [5.74, 6) is 0.0299. The van der Waals surface area contributed by atoms with Crippen LogP contribution in [0, 0.1) is 6.92 Å². The Bertz CT molecular complexity index is 662. The van der Waals surface area contributed by atoms with Crippen LogP contribution in [-0.4, -0.2) is 24.0 Å². The molecule has 0 fully saturated rings. The van der Waals surface area contributed by atoms with Crippen LogP contribution < -0.4 is 5.73 Å². The van der Waals surface area contributed by atoms with Crippen LogP contribution >= 0.6 is 0 Å². The Balaban J connectivity index is 2.13. The van der Waals surface area contributed by atoms with E-state index >= 15 is 0 Å². The van der Waals surface area contributed by atoms with E-state index in [1.54, 1.807) is 29.1 Å². The molecule has 0 saturated carbocycles. The van der Waals surface area contributed by atoms with E-state index in [0.717, 1.165) is 11.1 Å². The van der Waals surface area contributed by atoms with Gasteiger partial charge in [0.25, 0.3) is 0 Å². The standard InChI is InChI=1S/C13H17N3O2S/c1-11-9-15-16(10-11)5-6-19(17,18)13-4-2-3-12(7-13)8-14/h2-4,7,9-10H,5-6,8,14H2,1H3. The van der Waals surface area contributed by atoms with E-state index in [0.29, 0.717) is 18.0 Å². The summed E-state index contributed by atoms with van der Waals surface area (Å²) in [5, 5.41) is 4.08. The maximum absolute atomic E-state index is 12.2. The van der Waals surface area contributed by atoms with E-state index in [9.17, 15) is 8.42 Å². The normalized spacial score (nSPS) is 11.7. The first-order valence-corrected chi connectivity index (χ1v) is 7.67. The minimum atomic E-state index is -3.30. The van der Waals surface area contributed by atoms with Crippen LogP contribution in [0.1, 0.15) is 11.1 Å². The van der Waals surface area contributed by atoms with Crippen LogP contribution in [0.25, 0.3) is 0 Å². The molecule has 1 heterocycles. The van der Waals surface area contributed by atoms with Crippen molar-refractivity contribution in [1.82, 2.24) is 9.78 Å². The van der Waals surface area contributed by atoms with Crippen molar-refractivity contribution in [1.29, 1.82) is 0 Å². The van der Waals surface area contributed by atoms with Crippen LogP contribution in [0.2, 0.25) is 0 Å². The lowest BCUT2D eigenvalue weighted by molar-refractivity contribution is 0.580. The van der Waals surface area contributed by atoms with E-state index in [4.69, 9.17) is 5.73 Å². The number of rotatable bonds is 5. The van der Waals surface area contributed by atoms with Gasteiger partial charge in [0, 0.05) is 12.7 Å². The third-order valence-electron chi connectivity index (χ3n) is 2.84. The average Bonchev–Trinajstić information content (AvgIpc) is 2.82. The molecule has 0 aliphatic heterocycles. The number of benzene rings is 1. The molecule has 1 aromatic heterocycles. The van der Waals surface area contributed by atoms with E-state index < -0.39 is 9.84 Å². The Morgan fingerprint density at radius 1 is 1.37 bits per heavy atom. The first kappa shape index (κ1) is 13.8. The highest BCUT2D eigenvalue weighted by Crippen LogP contribution is 2.13. The predicted octanol–water partition coefficient (Wildman–Crippen LogP) is 1.12. The molecule has 2 aromatic rings. The van der Waals surface area contributed by atoms with Gasteiger partial charge in [0.1, 0.15) is 0 Å². The van der Waals surface area contributed by atoms with Gasteiger partial charge < -0.3 is 5.73 Å². The van der Waals surface area contributed by atoms with Crippen LogP contribution in [0.15, 0.2) is 41.6 Å². The van der Waals surface area contributed by atoms with Crippen molar-refractivity contribution in [3.8, 4) is 0 Å². The fraction of sp³-hybridized carbons (Fsp3) is 0.308. The third-order valence-corrected chi connectivity index (χ3v) is 4.54. The van der Waals surface area contributed by atoms with Crippen LogP contribution in [0.5, 0.6) is 0 Å². The molecule has 19 heavy (non-hydrogen) atoms. The summed E-state index contributed by atoms with van der Waals surface area (Å²) in [6.07, 6.45) is 3.54. The highest BCUT2D eigenvalue weighted by Gasteiger charge is 2.14. The quantitative estimate of drug-likeness (QED) is 0.889. The fourth-order valence-electron chi connectivity index (χ4n) is 1.79. The fourth-order valence-corrected chi connectivity index (χ4v) is 3.07. The van der Waals surface area contributed by atoms with Crippen LogP contribution in [-0.2, 0) is 22.9 Å². The molecule has 0 spiro atoms. The van der Waals surface area contributed by atoms with E-state index in [2.05, 4.69) is 5.10 Å². The number of nitrogens with two attached hydrogens (primary N) is 1. The third kappa shape index (κ3) is 3.42. The number of sulfone groups is 1. The second kappa shape index (κ2) is 5.54. The van der Waals surface area contributed by atoms with Gasteiger partial charge in [-0.3, -0.25) is 4.68 Å². The van der Waals surface area contributed by atoms with Gasteiger partial charge in [0.05, 0.1) is 23.4 Å². The van der Waals surface area contributed by atoms with Gasteiger partial charge in [0.15, 0.2) is 9.84 Å². The van der Waals surface area contributed by atoms with Crippen molar-refractivity contribution >= 4 is 9.84 Å². The molecule has 1 aromatic carbocycles. The number of aromatic nitrogens is 2. The SMILES string of the molecule is Cc1cnn(CCS(=O)(=O)c2cccc(CN)c2)c1. The molecule has 0 aliphatic rings. The van der Waals surface area contributed by atoms with Crippen molar-refractivity contribution < 1.29 is 8.42 Å². The van der Waals surface area contributed by atoms with Gasteiger partial charge >= 0.3 is 0 Å². The zero-order valence-corrected chi connectivity index (χ0v) is 11.6.